The lowest BCUT2D eigenvalue weighted by molar-refractivity contribution is 0.102. The van der Waals surface area contributed by atoms with Crippen LogP contribution in [0.3, 0.4) is 0 Å². The average molecular weight is 263 g/mol. The van der Waals surface area contributed by atoms with E-state index in [1.807, 2.05) is 6.92 Å². The second-order valence-corrected chi connectivity index (χ2v) is 3.74. The molecule has 4 heteroatoms. The van der Waals surface area contributed by atoms with Crippen molar-refractivity contribution in [3.8, 4) is 0 Å². The summed E-state index contributed by atoms with van der Waals surface area (Å²) in [5.74, 6) is -0.0216. The van der Waals surface area contributed by atoms with E-state index in [1.54, 1.807) is 12.1 Å². The minimum atomic E-state index is -0.0216. The van der Waals surface area contributed by atoms with Crippen LogP contribution in [0.15, 0.2) is 12.1 Å². The molecule has 1 rings (SSSR count). The number of benzene rings is 1. The van der Waals surface area contributed by atoms with Crippen molar-refractivity contribution in [2.75, 3.05) is 11.1 Å². The molecular weight excluding hydrogens is 253 g/mol. The van der Waals surface area contributed by atoms with Gasteiger partial charge in [0.1, 0.15) is 0 Å². The van der Waals surface area contributed by atoms with E-state index in [0.717, 1.165) is 5.56 Å². The number of nitrogens with two attached hydrogens (primary N) is 1. The van der Waals surface area contributed by atoms with Gasteiger partial charge in [0.15, 0.2) is 5.78 Å². The van der Waals surface area contributed by atoms with Gasteiger partial charge in [-0.05, 0) is 24.6 Å². The lowest BCUT2D eigenvalue weighted by atomic mass is 10.0. The molecule has 70 valence electrons. The van der Waals surface area contributed by atoms with E-state index >= 15 is 0 Å². The number of carbonyl (C=O) groups is 1. The van der Waals surface area contributed by atoms with E-state index in [4.69, 9.17) is 17.3 Å². The Morgan fingerprint density at radius 2 is 2.23 bits per heavy atom. The largest absolute Gasteiger partial charge is 0.398 e. The number of halogens is 2. The van der Waals surface area contributed by atoms with Crippen LogP contribution in [-0.2, 0) is 0 Å². The van der Waals surface area contributed by atoms with Crippen molar-refractivity contribution in [1.29, 1.82) is 0 Å². The first-order valence-electron chi connectivity index (χ1n) is 3.71. The minimum Gasteiger partial charge on any atom is -0.398 e. The maximum Gasteiger partial charge on any atom is 0.175 e. The standard InChI is InChI=1S/C9H9BrClNO/c1-5-2-6(11)3-7(12)9(5)8(13)4-10/h2-3H,4,12H2,1H3. The Hall–Kier alpha value is -0.540. The summed E-state index contributed by atoms with van der Waals surface area (Å²) in [6, 6.07) is 3.32. The van der Waals surface area contributed by atoms with Crippen LogP contribution in [0.5, 0.6) is 0 Å². The highest BCUT2D eigenvalue weighted by molar-refractivity contribution is 9.09. The van der Waals surface area contributed by atoms with Crippen molar-refractivity contribution in [3.63, 3.8) is 0 Å². The summed E-state index contributed by atoms with van der Waals surface area (Å²) < 4.78 is 0. The van der Waals surface area contributed by atoms with E-state index in [9.17, 15) is 4.79 Å². The summed E-state index contributed by atoms with van der Waals surface area (Å²) in [6.45, 7) is 1.82. The zero-order chi connectivity index (χ0) is 10.0. The van der Waals surface area contributed by atoms with E-state index < -0.39 is 0 Å². The number of hydrogen-bond acceptors (Lipinski definition) is 2. The number of Topliss-reactive ketones (excluding diaryl/α,β-unsaturated/α-hetero) is 1. The molecule has 0 spiro atoms. The first kappa shape index (κ1) is 10.5. The third-order valence-electron chi connectivity index (χ3n) is 1.73. The second kappa shape index (κ2) is 4.11. The molecule has 0 heterocycles. The Kier molecular flexibility index (Phi) is 3.33. The highest BCUT2D eigenvalue weighted by Gasteiger charge is 2.11. The van der Waals surface area contributed by atoms with Gasteiger partial charge in [-0.3, -0.25) is 4.79 Å². The van der Waals surface area contributed by atoms with Crippen molar-refractivity contribution in [2.45, 2.75) is 6.92 Å². The Balaban J connectivity index is 3.28. The van der Waals surface area contributed by atoms with Gasteiger partial charge in [-0.15, -0.1) is 0 Å². The Morgan fingerprint density at radius 3 is 2.69 bits per heavy atom. The number of ketones is 1. The number of nitrogen functional groups attached to an aromatic ring is 1. The fourth-order valence-electron chi connectivity index (χ4n) is 1.22. The van der Waals surface area contributed by atoms with Gasteiger partial charge in [-0.25, -0.2) is 0 Å². The van der Waals surface area contributed by atoms with Crippen molar-refractivity contribution in [2.24, 2.45) is 0 Å². The molecule has 0 saturated heterocycles. The predicted octanol–water partition coefficient (Wildman–Crippen LogP) is 2.81. The summed E-state index contributed by atoms with van der Waals surface area (Å²) in [5, 5.41) is 0.834. The quantitative estimate of drug-likeness (QED) is 0.506. The summed E-state index contributed by atoms with van der Waals surface area (Å²) in [7, 11) is 0. The highest BCUT2D eigenvalue weighted by atomic mass is 79.9. The smallest absolute Gasteiger partial charge is 0.175 e. The van der Waals surface area contributed by atoms with Gasteiger partial charge in [0.2, 0.25) is 0 Å². The van der Waals surface area contributed by atoms with E-state index in [2.05, 4.69) is 15.9 Å². The zero-order valence-corrected chi connectivity index (χ0v) is 9.45. The molecule has 0 radical (unpaired) electrons. The highest BCUT2D eigenvalue weighted by Crippen LogP contribution is 2.23. The van der Waals surface area contributed by atoms with Crippen molar-refractivity contribution < 1.29 is 4.79 Å². The molecule has 1 aromatic carbocycles. The number of aryl methyl sites for hydroxylation is 1. The van der Waals surface area contributed by atoms with Gasteiger partial charge in [0, 0.05) is 16.3 Å². The third kappa shape index (κ3) is 2.23. The number of carbonyl (C=O) groups excluding carboxylic acids is 1. The monoisotopic (exact) mass is 261 g/mol. The van der Waals surface area contributed by atoms with Crippen LogP contribution >= 0.6 is 27.5 Å². The van der Waals surface area contributed by atoms with Crippen LogP contribution in [0.1, 0.15) is 15.9 Å². The second-order valence-electron chi connectivity index (χ2n) is 2.74. The first-order chi connectivity index (χ1) is 6.06. The van der Waals surface area contributed by atoms with Crippen molar-refractivity contribution in [3.05, 3.63) is 28.3 Å². The molecule has 0 aromatic heterocycles. The Bertz CT molecular complexity index is 328. The maximum absolute atomic E-state index is 11.4. The van der Waals surface area contributed by atoms with Gasteiger partial charge < -0.3 is 5.73 Å². The van der Waals surface area contributed by atoms with Crippen LogP contribution in [0.4, 0.5) is 5.69 Å². The van der Waals surface area contributed by atoms with Gasteiger partial charge in [-0.1, -0.05) is 27.5 Å². The first-order valence-corrected chi connectivity index (χ1v) is 5.21. The normalized spacial score (nSPS) is 10.1. The molecule has 0 aliphatic carbocycles. The molecule has 0 atom stereocenters. The molecule has 13 heavy (non-hydrogen) atoms. The fraction of sp³-hybridized carbons (Fsp3) is 0.222. The number of rotatable bonds is 2. The molecule has 0 amide bonds. The van der Waals surface area contributed by atoms with Crippen molar-refractivity contribution >= 4 is 39.0 Å². The number of hydrogen-bond donors (Lipinski definition) is 1. The van der Waals surface area contributed by atoms with Gasteiger partial charge in [0.05, 0.1) is 5.33 Å². The third-order valence-corrected chi connectivity index (χ3v) is 2.46. The van der Waals surface area contributed by atoms with Crippen LogP contribution < -0.4 is 5.73 Å². The van der Waals surface area contributed by atoms with E-state index in [-0.39, 0.29) is 11.1 Å². The topological polar surface area (TPSA) is 43.1 Å². The van der Waals surface area contributed by atoms with Gasteiger partial charge in [-0.2, -0.15) is 0 Å². The molecule has 2 N–H and O–H groups in total. The van der Waals surface area contributed by atoms with E-state index in [1.165, 1.54) is 0 Å². The lowest BCUT2D eigenvalue weighted by Crippen LogP contribution is -2.07. The summed E-state index contributed by atoms with van der Waals surface area (Å²) in [4.78, 5) is 11.4. The summed E-state index contributed by atoms with van der Waals surface area (Å²) >= 11 is 8.87. The van der Waals surface area contributed by atoms with Crippen LogP contribution in [0.2, 0.25) is 5.02 Å². The molecule has 2 nitrogen and oxygen atoms in total. The van der Waals surface area contributed by atoms with Crippen molar-refractivity contribution in [1.82, 2.24) is 0 Å². The molecule has 1 aromatic rings. The lowest BCUT2D eigenvalue weighted by Gasteiger charge is -2.07. The predicted molar refractivity (Wildman–Crippen MR) is 58.7 cm³/mol. The molecular formula is C9H9BrClNO. The molecule has 0 unspecified atom stereocenters. The molecule has 0 aliphatic rings. The Labute approximate surface area is 90.2 Å². The fourth-order valence-corrected chi connectivity index (χ4v) is 1.78. The maximum atomic E-state index is 11.4. The number of alkyl halides is 1. The number of anilines is 1. The average Bonchev–Trinajstić information content (AvgIpc) is 2.02. The SMILES string of the molecule is Cc1cc(Cl)cc(N)c1C(=O)CBr. The summed E-state index contributed by atoms with van der Waals surface area (Å²) in [6.07, 6.45) is 0. The van der Waals surface area contributed by atoms with Crippen LogP contribution in [0.25, 0.3) is 0 Å². The van der Waals surface area contributed by atoms with E-state index in [0.29, 0.717) is 16.3 Å². The van der Waals surface area contributed by atoms with Crippen LogP contribution in [-0.4, -0.2) is 11.1 Å². The Morgan fingerprint density at radius 1 is 1.62 bits per heavy atom. The molecule has 0 fully saturated rings. The summed E-state index contributed by atoms with van der Waals surface area (Å²) in [5.41, 5.74) is 7.48. The van der Waals surface area contributed by atoms with Gasteiger partial charge >= 0.3 is 0 Å². The molecule has 0 aliphatic heterocycles. The van der Waals surface area contributed by atoms with Crippen LogP contribution in [0, 0.1) is 6.92 Å². The molecule has 0 saturated carbocycles. The minimum absolute atomic E-state index is 0.0216. The molecule has 0 bridgehead atoms. The zero-order valence-electron chi connectivity index (χ0n) is 7.10. The van der Waals surface area contributed by atoms with Gasteiger partial charge in [0.25, 0.3) is 0 Å².